The molecule has 5 nitrogen and oxygen atoms in total. The summed E-state index contributed by atoms with van der Waals surface area (Å²) in [5.74, 6) is 2.76. The molecule has 5 heteroatoms. The van der Waals surface area contributed by atoms with E-state index in [0.29, 0.717) is 0 Å². The summed E-state index contributed by atoms with van der Waals surface area (Å²) in [4.78, 5) is 11.4. The lowest BCUT2D eigenvalue weighted by Gasteiger charge is -2.23. The van der Waals surface area contributed by atoms with Crippen molar-refractivity contribution in [1.82, 2.24) is 9.97 Å². The molecule has 0 saturated heterocycles. The molecular formula is C15H28N4O. The van der Waals surface area contributed by atoms with E-state index in [1.807, 2.05) is 20.9 Å². The minimum absolute atomic E-state index is 0.289. The standard InChI is InChI=1S/C15H28N4O/c1-6-8-13-17-14(16-7-2)12(4)15(18-13)19(5)10-9-11(3)20/h11,20H,6-10H2,1-5H3,(H,16,17,18). The number of rotatable bonds is 8. The van der Waals surface area contributed by atoms with E-state index in [2.05, 4.69) is 34.0 Å². The average Bonchev–Trinajstić information content (AvgIpc) is 2.40. The molecule has 0 aliphatic carbocycles. The lowest BCUT2D eigenvalue weighted by atomic mass is 10.2. The lowest BCUT2D eigenvalue weighted by molar-refractivity contribution is 0.187. The number of aryl methyl sites for hydroxylation is 1. The summed E-state index contributed by atoms with van der Waals surface area (Å²) in [6.07, 6.45) is 2.36. The van der Waals surface area contributed by atoms with Crippen LogP contribution in [0.1, 0.15) is 45.0 Å². The molecule has 1 unspecified atom stereocenters. The maximum atomic E-state index is 9.42. The monoisotopic (exact) mass is 280 g/mol. The third-order valence-electron chi connectivity index (χ3n) is 3.23. The van der Waals surface area contributed by atoms with Crippen LogP contribution in [0.5, 0.6) is 0 Å². The summed E-state index contributed by atoms with van der Waals surface area (Å²) in [6, 6.07) is 0. The highest BCUT2D eigenvalue weighted by atomic mass is 16.3. The molecule has 2 N–H and O–H groups in total. The molecule has 0 amide bonds. The summed E-state index contributed by atoms with van der Waals surface area (Å²) in [6.45, 7) is 9.69. The number of aliphatic hydroxyl groups is 1. The Hall–Kier alpha value is -1.36. The number of hydrogen-bond donors (Lipinski definition) is 2. The van der Waals surface area contributed by atoms with Gasteiger partial charge in [-0.3, -0.25) is 0 Å². The van der Waals surface area contributed by atoms with Crippen LogP contribution in [0.25, 0.3) is 0 Å². The van der Waals surface area contributed by atoms with Crippen LogP contribution in [-0.4, -0.2) is 41.3 Å². The van der Waals surface area contributed by atoms with E-state index in [1.54, 1.807) is 0 Å². The Morgan fingerprint density at radius 3 is 2.55 bits per heavy atom. The van der Waals surface area contributed by atoms with Gasteiger partial charge in [0, 0.05) is 32.1 Å². The summed E-state index contributed by atoms with van der Waals surface area (Å²) in [5.41, 5.74) is 1.07. The molecule has 1 rings (SSSR count). The molecule has 20 heavy (non-hydrogen) atoms. The molecule has 0 bridgehead atoms. The second-order valence-electron chi connectivity index (χ2n) is 5.28. The topological polar surface area (TPSA) is 61.3 Å². The van der Waals surface area contributed by atoms with Crippen molar-refractivity contribution in [2.45, 2.75) is 53.1 Å². The number of nitrogens with one attached hydrogen (secondary N) is 1. The van der Waals surface area contributed by atoms with Crippen LogP contribution in [0.15, 0.2) is 0 Å². The van der Waals surface area contributed by atoms with Gasteiger partial charge < -0.3 is 15.3 Å². The zero-order valence-corrected chi connectivity index (χ0v) is 13.4. The zero-order valence-electron chi connectivity index (χ0n) is 13.4. The Bertz CT molecular complexity index is 421. The highest BCUT2D eigenvalue weighted by Crippen LogP contribution is 2.23. The summed E-state index contributed by atoms with van der Waals surface area (Å²) in [7, 11) is 2.02. The Balaban J connectivity index is 3.02. The van der Waals surface area contributed by atoms with Crippen molar-refractivity contribution in [2.24, 2.45) is 0 Å². The Kier molecular flexibility index (Phi) is 6.71. The average molecular weight is 280 g/mol. The minimum Gasteiger partial charge on any atom is -0.393 e. The number of anilines is 2. The van der Waals surface area contributed by atoms with Gasteiger partial charge >= 0.3 is 0 Å². The number of aliphatic hydroxyl groups excluding tert-OH is 1. The Morgan fingerprint density at radius 1 is 1.30 bits per heavy atom. The second-order valence-corrected chi connectivity index (χ2v) is 5.28. The number of aromatic nitrogens is 2. The largest absolute Gasteiger partial charge is 0.393 e. The third-order valence-corrected chi connectivity index (χ3v) is 3.23. The minimum atomic E-state index is -0.289. The van der Waals surface area contributed by atoms with Crippen LogP contribution >= 0.6 is 0 Å². The van der Waals surface area contributed by atoms with Gasteiger partial charge in [-0.25, -0.2) is 9.97 Å². The molecule has 114 valence electrons. The SMILES string of the molecule is CCCc1nc(NCC)c(C)c(N(C)CCC(C)O)n1. The molecule has 1 aromatic heterocycles. The maximum absolute atomic E-state index is 9.42. The highest BCUT2D eigenvalue weighted by Gasteiger charge is 2.14. The molecule has 0 saturated carbocycles. The summed E-state index contributed by atoms with van der Waals surface area (Å²) < 4.78 is 0. The van der Waals surface area contributed by atoms with E-state index in [0.717, 1.165) is 55.4 Å². The second kappa shape index (κ2) is 8.04. The Morgan fingerprint density at radius 2 is 2.00 bits per heavy atom. The van der Waals surface area contributed by atoms with Gasteiger partial charge in [0.25, 0.3) is 0 Å². The van der Waals surface area contributed by atoms with E-state index >= 15 is 0 Å². The number of hydrogen-bond acceptors (Lipinski definition) is 5. The summed E-state index contributed by atoms with van der Waals surface area (Å²) in [5, 5.41) is 12.7. The van der Waals surface area contributed by atoms with Crippen molar-refractivity contribution in [3.05, 3.63) is 11.4 Å². The van der Waals surface area contributed by atoms with Gasteiger partial charge in [-0.1, -0.05) is 6.92 Å². The van der Waals surface area contributed by atoms with E-state index in [4.69, 9.17) is 0 Å². The van der Waals surface area contributed by atoms with E-state index in [9.17, 15) is 5.11 Å². The van der Waals surface area contributed by atoms with Crippen LogP contribution in [0, 0.1) is 6.92 Å². The van der Waals surface area contributed by atoms with Gasteiger partial charge in [0.15, 0.2) is 0 Å². The van der Waals surface area contributed by atoms with E-state index in [-0.39, 0.29) is 6.10 Å². The first-order valence-electron chi connectivity index (χ1n) is 7.50. The fourth-order valence-electron chi connectivity index (χ4n) is 2.08. The predicted molar refractivity (Wildman–Crippen MR) is 84.5 cm³/mol. The van der Waals surface area contributed by atoms with Gasteiger partial charge in [0.2, 0.25) is 0 Å². The smallest absolute Gasteiger partial charge is 0.137 e. The highest BCUT2D eigenvalue weighted by molar-refractivity contribution is 5.58. The van der Waals surface area contributed by atoms with Gasteiger partial charge in [0.1, 0.15) is 17.5 Å². The molecule has 0 aliphatic rings. The van der Waals surface area contributed by atoms with Gasteiger partial charge in [-0.2, -0.15) is 0 Å². The van der Waals surface area contributed by atoms with E-state index in [1.165, 1.54) is 0 Å². The zero-order chi connectivity index (χ0) is 15.1. The first-order valence-corrected chi connectivity index (χ1v) is 7.50. The normalized spacial score (nSPS) is 12.3. The first-order chi connectivity index (χ1) is 9.49. The lowest BCUT2D eigenvalue weighted by Crippen LogP contribution is -2.25. The molecule has 0 radical (unpaired) electrons. The van der Waals surface area contributed by atoms with Crippen LogP contribution < -0.4 is 10.2 Å². The quantitative estimate of drug-likeness (QED) is 0.765. The third kappa shape index (κ3) is 4.63. The van der Waals surface area contributed by atoms with Crippen molar-refractivity contribution in [3.63, 3.8) is 0 Å². The van der Waals surface area contributed by atoms with Crippen molar-refractivity contribution in [1.29, 1.82) is 0 Å². The van der Waals surface area contributed by atoms with E-state index < -0.39 is 0 Å². The molecular weight excluding hydrogens is 252 g/mol. The van der Waals surface area contributed by atoms with Gasteiger partial charge in [0.05, 0.1) is 6.10 Å². The molecule has 0 aliphatic heterocycles. The van der Waals surface area contributed by atoms with Crippen molar-refractivity contribution < 1.29 is 5.11 Å². The molecule has 0 fully saturated rings. The van der Waals surface area contributed by atoms with Gasteiger partial charge in [-0.15, -0.1) is 0 Å². The van der Waals surface area contributed by atoms with Crippen LogP contribution in [-0.2, 0) is 6.42 Å². The maximum Gasteiger partial charge on any atom is 0.137 e. The number of nitrogens with zero attached hydrogens (tertiary/aromatic N) is 3. The van der Waals surface area contributed by atoms with Crippen LogP contribution in [0.2, 0.25) is 0 Å². The van der Waals surface area contributed by atoms with Crippen molar-refractivity contribution in [3.8, 4) is 0 Å². The fraction of sp³-hybridized carbons (Fsp3) is 0.733. The molecule has 1 aromatic rings. The van der Waals surface area contributed by atoms with Gasteiger partial charge in [-0.05, 0) is 33.6 Å². The van der Waals surface area contributed by atoms with Crippen LogP contribution in [0.3, 0.4) is 0 Å². The molecule has 0 aromatic carbocycles. The molecule has 0 spiro atoms. The summed E-state index contributed by atoms with van der Waals surface area (Å²) >= 11 is 0. The molecule has 1 heterocycles. The fourth-order valence-corrected chi connectivity index (χ4v) is 2.08. The molecule has 1 atom stereocenters. The Labute approximate surface area is 122 Å². The van der Waals surface area contributed by atoms with Crippen LogP contribution in [0.4, 0.5) is 11.6 Å². The predicted octanol–water partition coefficient (Wildman–Crippen LogP) is 2.38. The first kappa shape index (κ1) is 16.7. The van der Waals surface area contributed by atoms with Crippen molar-refractivity contribution >= 4 is 11.6 Å². The van der Waals surface area contributed by atoms with Crippen molar-refractivity contribution in [2.75, 3.05) is 30.4 Å².